The van der Waals surface area contributed by atoms with E-state index in [2.05, 4.69) is 50.8 Å². The van der Waals surface area contributed by atoms with E-state index in [1.54, 1.807) is 0 Å². The molecule has 2 aliphatic rings. The van der Waals surface area contributed by atoms with E-state index in [1.807, 2.05) is 54.5 Å². The Morgan fingerprint density at radius 1 is 1.00 bits per heavy atom. The van der Waals surface area contributed by atoms with Gasteiger partial charge in [0.15, 0.2) is 5.17 Å². The van der Waals surface area contributed by atoms with Gasteiger partial charge in [-0.05, 0) is 36.4 Å². The van der Waals surface area contributed by atoms with Gasteiger partial charge in [0.25, 0.3) is 0 Å². The summed E-state index contributed by atoms with van der Waals surface area (Å²) in [6, 6.07) is 16.5. The SMILES string of the molecule is C[C@H]1CN2C(=N[C@H](c3ccccn3)[C@@H]2c2cccn2-c2ccccn2)S1. The van der Waals surface area contributed by atoms with Gasteiger partial charge in [-0.15, -0.1) is 0 Å². The fourth-order valence-corrected chi connectivity index (χ4v) is 4.87. The van der Waals surface area contributed by atoms with Crippen LogP contribution < -0.4 is 0 Å². The van der Waals surface area contributed by atoms with Gasteiger partial charge in [0.05, 0.1) is 11.7 Å². The highest BCUT2D eigenvalue weighted by Crippen LogP contribution is 2.47. The van der Waals surface area contributed by atoms with Crippen molar-refractivity contribution in [1.29, 1.82) is 0 Å². The van der Waals surface area contributed by atoms with Crippen molar-refractivity contribution in [3.63, 3.8) is 0 Å². The normalized spacial score (nSPS) is 24.6. The van der Waals surface area contributed by atoms with Crippen LogP contribution in [0.3, 0.4) is 0 Å². The third kappa shape index (κ3) is 2.52. The number of hydrogen-bond donors (Lipinski definition) is 0. The zero-order valence-corrected chi connectivity index (χ0v) is 15.3. The molecule has 0 amide bonds. The first-order chi connectivity index (χ1) is 12.8. The molecule has 0 aliphatic carbocycles. The largest absolute Gasteiger partial charge is 0.339 e. The Kier molecular flexibility index (Phi) is 3.78. The van der Waals surface area contributed by atoms with Crippen LogP contribution >= 0.6 is 11.8 Å². The first-order valence-corrected chi connectivity index (χ1v) is 9.70. The quantitative estimate of drug-likeness (QED) is 0.711. The molecule has 1 fully saturated rings. The number of fused-ring (bicyclic) bond motifs is 1. The van der Waals surface area contributed by atoms with E-state index >= 15 is 0 Å². The van der Waals surface area contributed by atoms with Crippen molar-refractivity contribution in [2.75, 3.05) is 6.54 Å². The highest BCUT2D eigenvalue weighted by Gasteiger charge is 2.44. The Balaban J connectivity index is 1.62. The van der Waals surface area contributed by atoms with E-state index in [1.165, 1.54) is 5.69 Å². The Morgan fingerprint density at radius 3 is 2.62 bits per heavy atom. The molecule has 0 saturated carbocycles. The van der Waals surface area contributed by atoms with E-state index in [0.29, 0.717) is 5.25 Å². The molecular formula is C20H19N5S. The van der Waals surface area contributed by atoms with Crippen LogP contribution in [0, 0.1) is 0 Å². The standard InChI is InChI=1S/C20H19N5S/c1-14-13-25-19(16-8-6-12-24(16)17-9-3-5-11-22-17)18(23-20(25)26-14)15-7-2-4-10-21-15/h2-12,14,18-19H,13H2,1H3/t14-,18+,19-/m0/s1. The van der Waals surface area contributed by atoms with Crippen LogP contribution in [0.15, 0.2) is 72.1 Å². The fraction of sp³-hybridized carbons (Fsp3) is 0.250. The maximum Gasteiger partial charge on any atom is 0.160 e. The van der Waals surface area contributed by atoms with Gasteiger partial charge < -0.3 is 9.47 Å². The second-order valence-corrected chi connectivity index (χ2v) is 8.03. The molecule has 5 nitrogen and oxygen atoms in total. The average molecular weight is 361 g/mol. The minimum Gasteiger partial charge on any atom is -0.339 e. The lowest BCUT2D eigenvalue weighted by atomic mass is 10.0. The van der Waals surface area contributed by atoms with Gasteiger partial charge in [-0.1, -0.05) is 30.8 Å². The summed E-state index contributed by atoms with van der Waals surface area (Å²) in [5, 5.41) is 1.69. The topological polar surface area (TPSA) is 46.3 Å². The van der Waals surface area contributed by atoms with Crippen LogP contribution in [0.2, 0.25) is 0 Å². The lowest BCUT2D eigenvalue weighted by molar-refractivity contribution is 0.312. The molecule has 130 valence electrons. The molecule has 6 heteroatoms. The van der Waals surface area contributed by atoms with E-state index in [4.69, 9.17) is 4.99 Å². The summed E-state index contributed by atoms with van der Waals surface area (Å²) in [5.74, 6) is 0.931. The predicted molar refractivity (Wildman–Crippen MR) is 104 cm³/mol. The lowest BCUT2D eigenvalue weighted by Gasteiger charge is -2.28. The van der Waals surface area contributed by atoms with E-state index < -0.39 is 0 Å². The monoisotopic (exact) mass is 361 g/mol. The summed E-state index contributed by atoms with van der Waals surface area (Å²) >= 11 is 1.86. The van der Waals surface area contributed by atoms with Gasteiger partial charge >= 0.3 is 0 Å². The predicted octanol–water partition coefficient (Wildman–Crippen LogP) is 3.86. The Morgan fingerprint density at radius 2 is 1.85 bits per heavy atom. The second-order valence-electron chi connectivity index (χ2n) is 6.63. The molecule has 3 atom stereocenters. The summed E-state index contributed by atoms with van der Waals surface area (Å²) in [6.45, 7) is 3.26. The van der Waals surface area contributed by atoms with Crippen LogP contribution in [-0.2, 0) is 0 Å². The van der Waals surface area contributed by atoms with Gasteiger partial charge in [-0.25, -0.2) is 4.98 Å². The number of pyridine rings is 2. The molecule has 26 heavy (non-hydrogen) atoms. The van der Waals surface area contributed by atoms with Crippen LogP contribution in [0.5, 0.6) is 0 Å². The van der Waals surface area contributed by atoms with Crippen molar-refractivity contribution in [2.45, 2.75) is 24.3 Å². The number of nitrogens with zero attached hydrogens (tertiary/aromatic N) is 5. The first kappa shape index (κ1) is 15.6. The Labute approximate surface area is 156 Å². The van der Waals surface area contributed by atoms with Crippen LogP contribution in [0.1, 0.15) is 30.4 Å². The molecule has 0 bridgehead atoms. The average Bonchev–Trinajstić information content (AvgIpc) is 3.37. The van der Waals surface area contributed by atoms with Gasteiger partial charge in [-0.3, -0.25) is 9.98 Å². The maximum atomic E-state index is 5.05. The molecule has 0 radical (unpaired) electrons. The summed E-state index contributed by atoms with van der Waals surface area (Å²) in [5.41, 5.74) is 2.22. The minimum atomic E-state index is 0.00330. The van der Waals surface area contributed by atoms with Crippen LogP contribution in [0.25, 0.3) is 5.82 Å². The summed E-state index contributed by atoms with van der Waals surface area (Å²) in [4.78, 5) is 16.6. The third-order valence-corrected chi connectivity index (χ3v) is 5.96. The van der Waals surface area contributed by atoms with Crippen molar-refractivity contribution in [1.82, 2.24) is 19.4 Å². The first-order valence-electron chi connectivity index (χ1n) is 8.82. The maximum absolute atomic E-state index is 5.05. The van der Waals surface area contributed by atoms with Crippen molar-refractivity contribution < 1.29 is 0 Å². The molecule has 5 rings (SSSR count). The van der Waals surface area contributed by atoms with Gasteiger partial charge in [-0.2, -0.15) is 0 Å². The van der Waals surface area contributed by atoms with E-state index in [-0.39, 0.29) is 12.1 Å². The van der Waals surface area contributed by atoms with E-state index in [9.17, 15) is 0 Å². The number of hydrogen-bond acceptors (Lipinski definition) is 5. The second kappa shape index (κ2) is 6.29. The summed E-state index contributed by atoms with van der Waals surface area (Å²) in [6.07, 6.45) is 5.76. The van der Waals surface area contributed by atoms with E-state index in [0.717, 1.165) is 23.2 Å². The van der Waals surface area contributed by atoms with Gasteiger partial charge in [0.2, 0.25) is 0 Å². The number of thioether (sulfide) groups is 1. The molecule has 0 N–H and O–H groups in total. The van der Waals surface area contributed by atoms with Crippen LogP contribution in [0.4, 0.5) is 0 Å². The third-order valence-electron chi connectivity index (χ3n) is 4.86. The lowest BCUT2D eigenvalue weighted by Crippen LogP contribution is -2.30. The number of aliphatic imine (C=N–C) groups is 1. The molecule has 1 saturated heterocycles. The van der Waals surface area contributed by atoms with Crippen molar-refractivity contribution in [3.05, 3.63) is 78.5 Å². The number of rotatable bonds is 3. The molecular weight excluding hydrogens is 342 g/mol. The molecule has 0 unspecified atom stereocenters. The molecule has 0 aromatic carbocycles. The van der Waals surface area contributed by atoms with Gasteiger partial charge in [0, 0.05) is 36.1 Å². The molecule has 3 aromatic heterocycles. The minimum absolute atomic E-state index is 0.00330. The van der Waals surface area contributed by atoms with Crippen molar-refractivity contribution in [2.24, 2.45) is 4.99 Å². The number of aromatic nitrogens is 3. The van der Waals surface area contributed by atoms with Crippen molar-refractivity contribution >= 4 is 16.9 Å². The highest BCUT2D eigenvalue weighted by molar-refractivity contribution is 8.14. The van der Waals surface area contributed by atoms with Crippen molar-refractivity contribution in [3.8, 4) is 5.82 Å². The Hall–Kier alpha value is -2.60. The zero-order chi connectivity index (χ0) is 17.5. The molecule has 5 heterocycles. The van der Waals surface area contributed by atoms with Crippen LogP contribution in [-0.4, -0.2) is 36.4 Å². The highest BCUT2D eigenvalue weighted by atomic mass is 32.2. The molecule has 3 aromatic rings. The van der Waals surface area contributed by atoms with Gasteiger partial charge in [0.1, 0.15) is 11.9 Å². The number of amidine groups is 1. The zero-order valence-electron chi connectivity index (χ0n) is 14.4. The smallest absolute Gasteiger partial charge is 0.160 e. The molecule has 2 aliphatic heterocycles. The Bertz CT molecular complexity index is 937. The summed E-state index contributed by atoms with van der Waals surface area (Å²) < 4.78 is 2.17. The fourth-order valence-electron chi connectivity index (χ4n) is 3.78. The summed E-state index contributed by atoms with van der Waals surface area (Å²) in [7, 11) is 0. The molecule has 0 spiro atoms.